The third kappa shape index (κ3) is 5.53. The number of hydrogen-bond acceptors (Lipinski definition) is 7. The molecule has 1 unspecified atom stereocenters. The van der Waals surface area contributed by atoms with Crippen molar-refractivity contribution in [3.05, 3.63) is 94.5 Å². The number of nitro groups is 1. The van der Waals surface area contributed by atoms with Crippen LogP contribution in [0.2, 0.25) is 0 Å². The van der Waals surface area contributed by atoms with Gasteiger partial charge in [-0.15, -0.1) is 0 Å². The minimum absolute atomic E-state index is 0.0139. The molecule has 30 heavy (non-hydrogen) atoms. The molecule has 0 saturated carbocycles. The van der Waals surface area contributed by atoms with Crippen molar-refractivity contribution in [1.29, 1.82) is 0 Å². The van der Waals surface area contributed by atoms with Gasteiger partial charge in [-0.25, -0.2) is 4.57 Å². The number of anilines is 1. The van der Waals surface area contributed by atoms with Gasteiger partial charge in [-0.3, -0.25) is 20.1 Å². The summed E-state index contributed by atoms with van der Waals surface area (Å²) >= 11 is 0. The number of benzene rings is 3. The topological polar surface area (TPSA) is 103 Å². The third-order valence-electron chi connectivity index (χ3n) is 3.96. The lowest BCUT2D eigenvalue weighted by Crippen LogP contribution is -2.12. The van der Waals surface area contributed by atoms with Crippen molar-refractivity contribution in [3.8, 4) is 5.75 Å². The Morgan fingerprint density at radius 3 is 2.30 bits per heavy atom. The minimum atomic E-state index is -3.48. The molecule has 0 amide bonds. The lowest BCUT2D eigenvalue weighted by Gasteiger charge is -2.18. The lowest BCUT2D eigenvalue weighted by molar-refractivity contribution is -0.384. The summed E-state index contributed by atoms with van der Waals surface area (Å²) in [5, 5.41) is 15.3. The van der Waals surface area contributed by atoms with Gasteiger partial charge >= 0.3 is 7.60 Å². The molecule has 0 fully saturated rings. The number of nitrogens with one attached hydrogen (secondary N) is 1. The molecular formula is C21H20N3O5P. The smallest absolute Gasteiger partial charge is 0.410 e. The number of hydrogen-bond donors (Lipinski definition) is 1. The Balaban J connectivity index is 1.64. The molecule has 0 aromatic heterocycles. The molecule has 0 aliphatic rings. The zero-order valence-electron chi connectivity index (χ0n) is 16.2. The van der Waals surface area contributed by atoms with E-state index in [9.17, 15) is 14.7 Å². The minimum Gasteiger partial charge on any atom is -0.421 e. The predicted molar refractivity (Wildman–Crippen MR) is 117 cm³/mol. The standard InChI is InChI=1S/C21H20N3O5P/c1-2-28-30(27,21-6-4-3-5-7-21)29-20-14-8-17(9-15-20)16-22-23-18-10-12-19(13-11-18)24(25)26/h3-16,23H,2H2,1H3. The summed E-state index contributed by atoms with van der Waals surface area (Å²) in [6, 6.07) is 21.6. The van der Waals surface area contributed by atoms with Gasteiger partial charge in [0.2, 0.25) is 0 Å². The Morgan fingerprint density at radius 1 is 1.03 bits per heavy atom. The molecule has 8 nitrogen and oxygen atoms in total. The van der Waals surface area contributed by atoms with E-state index in [0.29, 0.717) is 16.7 Å². The predicted octanol–water partition coefficient (Wildman–Crippen LogP) is 4.97. The van der Waals surface area contributed by atoms with E-state index in [-0.39, 0.29) is 12.3 Å². The largest absolute Gasteiger partial charge is 0.421 e. The average molecular weight is 425 g/mol. The second-order valence-corrected chi connectivity index (χ2v) is 8.04. The fraction of sp³-hybridized carbons (Fsp3) is 0.0952. The summed E-state index contributed by atoms with van der Waals surface area (Å²) < 4.78 is 24.3. The number of nitro benzene ring substituents is 1. The van der Waals surface area contributed by atoms with Crippen LogP contribution in [-0.4, -0.2) is 17.7 Å². The van der Waals surface area contributed by atoms with Crippen LogP contribution >= 0.6 is 7.60 Å². The molecule has 0 heterocycles. The highest BCUT2D eigenvalue weighted by atomic mass is 31.2. The number of nitrogens with zero attached hydrogens (tertiary/aromatic N) is 2. The first-order chi connectivity index (χ1) is 14.5. The van der Waals surface area contributed by atoms with Crippen molar-refractivity contribution in [2.45, 2.75) is 6.92 Å². The Morgan fingerprint density at radius 2 is 1.70 bits per heavy atom. The van der Waals surface area contributed by atoms with Crippen molar-refractivity contribution < 1.29 is 18.5 Å². The summed E-state index contributed by atoms with van der Waals surface area (Å²) in [6.45, 7) is 2.02. The van der Waals surface area contributed by atoms with Crippen LogP contribution in [0.5, 0.6) is 5.75 Å². The summed E-state index contributed by atoms with van der Waals surface area (Å²) in [5.41, 5.74) is 4.22. The van der Waals surface area contributed by atoms with Gasteiger partial charge in [-0.1, -0.05) is 18.2 Å². The fourth-order valence-corrected chi connectivity index (χ4v) is 4.11. The third-order valence-corrected chi connectivity index (χ3v) is 5.94. The summed E-state index contributed by atoms with van der Waals surface area (Å²) in [4.78, 5) is 10.2. The molecule has 0 saturated heterocycles. The van der Waals surface area contributed by atoms with Crippen molar-refractivity contribution in [2.24, 2.45) is 5.10 Å². The van der Waals surface area contributed by atoms with Gasteiger partial charge in [-0.05, 0) is 61.0 Å². The van der Waals surface area contributed by atoms with E-state index in [1.807, 2.05) is 6.07 Å². The Hall–Kier alpha value is -3.48. The Labute approximate surface area is 173 Å². The molecule has 1 atom stereocenters. The van der Waals surface area contributed by atoms with Crippen molar-refractivity contribution >= 4 is 30.5 Å². The van der Waals surface area contributed by atoms with Gasteiger partial charge in [0.15, 0.2) is 0 Å². The van der Waals surface area contributed by atoms with E-state index in [0.717, 1.165) is 5.56 Å². The molecule has 9 heteroatoms. The van der Waals surface area contributed by atoms with E-state index in [4.69, 9.17) is 9.05 Å². The van der Waals surface area contributed by atoms with Gasteiger partial charge in [-0.2, -0.15) is 5.10 Å². The van der Waals surface area contributed by atoms with E-state index in [1.165, 1.54) is 12.1 Å². The molecule has 3 rings (SSSR count). The van der Waals surface area contributed by atoms with Gasteiger partial charge in [0.05, 0.1) is 28.7 Å². The monoisotopic (exact) mass is 425 g/mol. The molecular weight excluding hydrogens is 405 g/mol. The van der Waals surface area contributed by atoms with E-state index >= 15 is 0 Å². The molecule has 0 aliphatic heterocycles. The van der Waals surface area contributed by atoms with Crippen LogP contribution in [0.25, 0.3) is 0 Å². The second kappa shape index (κ2) is 9.82. The molecule has 0 aliphatic carbocycles. The van der Waals surface area contributed by atoms with Gasteiger partial charge in [0.25, 0.3) is 5.69 Å². The molecule has 3 aromatic rings. The van der Waals surface area contributed by atoms with Crippen LogP contribution in [-0.2, 0) is 9.09 Å². The van der Waals surface area contributed by atoms with Crippen LogP contribution in [0.1, 0.15) is 12.5 Å². The molecule has 0 bridgehead atoms. The maximum absolute atomic E-state index is 13.1. The molecule has 0 radical (unpaired) electrons. The number of non-ortho nitro benzene ring substituents is 1. The fourth-order valence-electron chi connectivity index (χ4n) is 2.53. The van der Waals surface area contributed by atoms with Crippen LogP contribution in [0.3, 0.4) is 0 Å². The maximum atomic E-state index is 13.1. The summed E-state index contributed by atoms with van der Waals surface area (Å²) in [6.07, 6.45) is 1.59. The Bertz CT molecular complexity index is 1050. The van der Waals surface area contributed by atoms with Gasteiger partial charge in [0, 0.05) is 12.1 Å². The average Bonchev–Trinajstić information content (AvgIpc) is 2.76. The SMILES string of the molecule is CCOP(=O)(Oc1ccc(C=NNc2ccc([N+](=O)[O-])cc2)cc1)c1ccccc1. The highest BCUT2D eigenvalue weighted by Gasteiger charge is 2.28. The zero-order valence-corrected chi connectivity index (χ0v) is 17.1. The molecule has 1 N–H and O–H groups in total. The normalized spacial score (nSPS) is 13.0. The van der Waals surface area contributed by atoms with E-state index in [2.05, 4.69) is 10.5 Å². The first-order valence-corrected chi connectivity index (χ1v) is 10.7. The van der Waals surface area contributed by atoms with Crippen LogP contribution in [0.15, 0.2) is 84.0 Å². The highest BCUT2D eigenvalue weighted by Crippen LogP contribution is 2.47. The summed E-state index contributed by atoms with van der Waals surface area (Å²) in [5.74, 6) is 0.413. The second-order valence-electron chi connectivity index (χ2n) is 6.09. The van der Waals surface area contributed by atoms with Crippen LogP contribution in [0.4, 0.5) is 11.4 Å². The van der Waals surface area contributed by atoms with Gasteiger partial charge < -0.3 is 4.52 Å². The maximum Gasteiger partial charge on any atom is 0.410 e. The van der Waals surface area contributed by atoms with Crippen molar-refractivity contribution in [3.63, 3.8) is 0 Å². The molecule has 154 valence electrons. The number of rotatable bonds is 9. The highest BCUT2D eigenvalue weighted by molar-refractivity contribution is 7.62. The quantitative estimate of drug-likeness (QED) is 0.225. The Kier molecular flexibility index (Phi) is 6.95. The van der Waals surface area contributed by atoms with Gasteiger partial charge in [0.1, 0.15) is 5.75 Å². The lowest BCUT2D eigenvalue weighted by atomic mass is 10.2. The van der Waals surface area contributed by atoms with E-state index < -0.39 is 12.5 Å². The van der Waals surface area contributed by atoms with Crippen LogP contribution < -0.4 is 15.3 Å². The zero-order chi connectivity index (χ0) is 21.4. The first kappa shape index (κ1) is 21.2. The summed E-state index contributed by atoms with van der Waals surface area (Å²) in [7, 11) is -3.48. The molecule has 3 aromatic carbocycles. The number of hydrazone groups is 1. The van der Waals surface area contributed by atoms with Crippen molar-refractivity contribution in [2.75, 3.05) is 12.0 Å². The first-order valence-electron chi connectivity index (χ1n) is 9.13. The molecule has 0 spiro atoms. The van der Waals surface area contributed by atoms with Crippen molar-refractivity contribution in [1.82, 2.24) is 0 Å². The van der Waals surface area contributed by atoms with Crippen LogP contribution in [0, 0.1) is 10.1 Å². The van der Waals surface area contributed by atoms with E-state index in [1.54, 1.807) is 73.8 Å².